The summed E-state index contributed by atoms with van der Waals surface area (Å²) in [5.41, 5.74) is 1.10. The first kappa shape index (κ1) is 11.3. The topological polar surface area (TPSA) is 47.0 Å². The van der Waals surface area contributed by atoms with Crippen molar-refractivity contribution < 1.29 is 4.74 Å². The maximum absolute atomic E-state index is 5.37. The lowest BCUT2D eigenvalue weighted by atomic mass is 10.0. The normalized spacial score (nSPS) is 20.0. The summed E-state index contributed by atoms with van der Waals surface area (Å²) in [6.45, 7) is 3.86. The highest BCUT2D eigenvalue weighted by atomic mass is 16.5. The maximum Gasteiger partial charge on any atom is 0.131 e. The third-order valence-electron chi connectivity index (χ3n) is 2.94. The molecule has 1 unspecified atom stereocenters. The molecular weight excluding hydrogens is 202 g/mol. The predicted molar refractivity (Wildman–Crippen MR) is 63.6 cm³/mol. The number of rotatable bonds is 4. The molecule has 4 heteroatoms. The van der Waals surface area contributed by atoms with E-state index >= 15 is 0 Å². The van der Waals surface area contributed by atoms with E-state index in [9.17, 15) is 0 Å². The van der Waals surface area contributed by atoms with E-state index < -0.39 is 0 Å². The van der Waals surface area contributed by atoms with Crippen molar-refractivity contribution >= 4 is 5.82 Å². The van der Waals surface area contributed by atoms with Crippen LogP contribution in [-0.4, -0.2) is 30.2 Å². The zero-order chi connectivity index (χ0) is 11.4. The molecule has 1 saturated heterocycles. The van der Waals surface area contributed by atoms with E-state index in [0.717, 1.165) is 49.8 Å². The van der Waals surface area contributed by atoms with Gasteiger partial charge in [-0.2, -0.15) is 0 Å². The smallest absolute Gasteiger partial charge is 0.131 e. The Morgan fingerprint density at radius 3 is 3.00 bits per heavy atom. The summed E-state index contributed by atoms with van der Waals surface area (Å²) in [5.74, 6) is 2.46. The van der Waals surface area contributed by atoms with Crippen LogP contribution >= 0.6 is 0 Å². The van der Waals surface area contributed by atoms with Crippen LogP contribution in [0.15, 0.2) is 6.07 Å². The molecule has 1 fully saturated rings. The van der Waals surface area contributed by atoms with E-state index in [0.29, 0.717) is 5.92 Å². The highest BCUT2D eigenvalue weighted by Gasteiger charge is 2.17. The summed E-state index contributed by atoms with van der Waals surface area (Å²) in [6, 6.07) is 2.01. The molecular formula is C12H19N3O. The Hall–Kier alpha value is -1.16. The number of aromatic nitrogens is 2. The van der Waals surface area contributed by atoms with Gasteiger partial charge in [0.05, 0.1) is 0 Å². The summed E-state index contributed by atoms with van der Waals surface area (Å²) in [7, 11) is 1.89. The van der Waals surface area contributed by atoms with Crippen molar-refractivity contribution in [2.75, 3.05) is 25.6 Å². The highest BCUT2D eigenvalue weighted by Crippen LogP contribution is 2.17. The molecule has 2 rings (SSSR count). The number of ether oxygens (including phenoxy) is 1. The lowest BCUT2D eigenvalue weighted by molar-refractivity contribution is 0.185. The summed E-state index contributed by atoms with van der Waals surface area (Å²) in [4.78, 5) is 9.04. The minimum atomic E-state index is 0.594. The molecule has 1 aromatic rings. The maximum atomic E-state index is 5.37. The van der Waals surface area contributed by atoms with Gasteiger partial charge < -0.3 is 10.1 Å². The molecule has 88 valence electrons. The Morgan fingerprint density at radius 2 is 2.38 bits per heavy atom. The van der Waals surface area contributed by atoms with Crippen molar-refractivity contribution in [3.63, 3.8) is 0 Å². The molecule has 1 atom stereocenters. The lowest BCUT2D eigenvalue weighted by Gasteiger charge is -2.09. The molecule has 0 saturated carbocycles. The average molecular weight is 221 g/mol. The van der Waals surface area contributed by atoms with Gasteiger partial charge in [0.25, 0.3) is 0 Å². The molecule has 1 N–H and O–H groups in total. The second-order valence-corrected chi connectivity index (χ2v) is 4.20. The standard InChI is InChI=1S/C12H19N3O/c1-3-10-7-11(13-2)15-12(14-10)6-9-4-5-16-8-9/h7,9H,3-6,8H2,1-2H3,(H,13,14,15). The molecule has 1 aliphatic heterocycles. The Kier molecular flexibility index (Phi) is 3.72. The van der Waals surface area contributed by atoms with Gasteiger partial charge in [-0.25, -0.2) is 9.97 Å². The van der Waals surface area contributed by atoms with Crippen LogP contribution in [-0.2, 0) is 17.6 Å². The molecule has 0 spiro atoms. The van der Waals surface area contributed by atoms with Gasteiger partial charge in [-0.3, -0.25) is 0 Å². The molecule has 4 nitrogen and oxygen atoms in total. The van der Waals surface area contributed by atoms with Crippen molar-refractivity contribution in [1.82, 2.24) is 9.97 Å². The third kappa shape index (κ3) is 2.70. The molecule has 16 heavy (non-hydrogen) atoms. The number of anilines is 1. The van der Waals surface area contributed by atoms with E-state index in [4.69, 9.17) is 4.74 Å². The first-order valence-corrected chi connectivity index (χ1v) is 5.94. The van der Waals surface area contributed by atoms with Crippen LogP contribution < -0.4 is 5.32 Å². The third-order valence-corrected chi connectivity index (χ3v) is 2.94. The molecule has 0 aromatic carbocycles. The Bertz CT molecular complexity index is 326. The van der Waals surface area contributed by atoms with Crippen molar-refractivity contribution in [2.24, 2.45) is 5.92 Å². The van der Waals surface area contributed by atoms with Crippen LogP contribution in [0.5, 0.6) is 0 Å². The summed E-state index contributed by atoms with van der Waals surface area (Å²) in [5, 5.41) is 3.08. The average Bonchev–Trinajstić information content (AvgIpc) is 2.81. The van der Waals surface area contributed by atoms with Gasteiger partial charge in [0.15, 0.2) is 0 Å². The van der Waals surface area contributed by atoms with Crippen LogP contribution in [0.2, 0.25) is 0 Å². The fourth-order valence-corrected chi connectivity index (χ4v) is 1.96. The second-order valence-electron chi connectivity index (χ2n) is 4.20. The van der Waals surface area contributed by atoms with E-state index in [1.54, 1.807) is 0 Å². The predicted octanol–water partition coefficient (Wildman–Crippen LogP) is 1.66. The summed E-state index contributed by atoms with van der Waals surface area (Å²) < 4.78 is 5.37. The second kappa shape index (κ2) is 5.25. The Morgan fingerprint density at radius 1 is 1.50 bits per heavy atom. The van der Waals surface area contributed by atoms with Crippen molar-refractivity contribution in [3.8, 4) is 0 Å². The van der Waals surface area contributed by atoms with Gasteiger partial charge in [-0.1, -0.05) is 6.92 Å². The van der Waals surface area contributed by atoms with Crippen LogP contribution in [0.4, 0.5) is 5.82 Å². The Balaban J connectivity index is 2.12. The Labute approximate surface area is 96.4 Å². The van der Waals surface area contributed by atoms with Crippen molar-refractivity contribution in [2.45, 2.75) is 26.2 Å². The number of hydrogen-bond donors (Lipinski definition) is 1. The number of nitrogens with zero attached hydrogens (tertiary/aromatic N) is 2. The van der Waals surface area contributed by atoms with Crippen LogP contribution in [0.3, 0.4) is 0 Å². The molecule has 0 radical (unpaired) electrons. The van der Waals surface area contributed by atoms with Crippen LogP contribution in [0.25, 0.3) is 0 Å². The molecule has 1 aliphatic rings. The first-order valence-electron chi connectivity index (χ1n) is 5.94. The van der Waals surface area contributed by atoms with E-state index in [1.807, 2.05) is 13.1 Å². The van der Waals surface area contributed by atoms with E-state index in [2.05, 4.69) is 22.2 Å². The molecule has 1 aromatic heterocycles. The van der Waals surface area contributed by atoms with Crippen molar-refractivity contribution in [3.05, 3.63) is 17.6 Å². The summed E-state index contributed by atoms with van der Waals surface area (Å²) in [6.07, 6.45) is 3.02. The van der Waals surface area contributed by atoms with E-state index in [1.165, 1.54) is 0 Å². The first-order chi connectivity index (χ1) is 7.81. The van der Waals surface area contributed by atoms with Gasteiger partial charge >= 0.3 is 0 Å². The number of aryl methyl sites for hydroxylation is 1. The molecule has 0 amide bonds. The fraction of sp³-hybridized carbons (Fsp3) is 0.667. The van der Waals surface area contributed by atoms with Crippen LogP contribution in [0.1, 0.15) is 24.9 Å². The SMILES string of the molecule is CCc1cc(NC)nc(CC2CCOC2)n1. The zero-order valence-electron chi connectivity index (χ0n) is 9.99. The largest absolute Gasteiger partial charge is 0.381 e. The summed E-state index contributed by atoms with van der Waals surface area (Å²) >= 11 is 0. The molecule has 2 heterocycles. The van der Waals surface area contributed by atoms with Gasteiger partial charge in [0, 0.05) is 38.4 Å². The van der Waals surface area contributed by atoms with Gasteiger partial charge in [-0.05, 0) is 18.8 Å². The zero-order valence-corrected chi connectivity index (χ0v) is 9.99. The van der Waals surface area contributed by atoms with Crippen molar-refractivity contribution in [1.29, 1.82) is 0 Å². The number of nitrogens with one attached hydrogen (secondary N) is 1. The molecule has 0 bridgehead atoms. The quantitative estimate of drug-likeness (QED) is 0.840. The van der Waals surface area contributed by atoms with Gasteiger partial charge in [0.2, 0.25) is 0 Å². The highest BCUT2D eigenvalue weighted by molar-refractivity contribution is 5.35. The minimum absolute atomic E-state index is 0.594. The van der Waals surface area contributed by atoms with Crippen LogP contribution in [0, 0.1) is 5.92 Å². The fourth-order valence-electron chi connectivity index (χ4n) is 1.96. The van der Waals surface area contributed by atoms with Gasteiger partial charge in [0.1, 0.15) is 11.6 Å². The monoisotopic (exact) mass is 221 g/mol. The van der Waals surface area contributed by atoms with E-state index in [-0.39, 0.29) is 0 Å². The minimum Gasteiger partial charge on any atom is -0.381 e. The molecule has 0 aliphatic carbocycles. The lowest BCUT2D eigenvalue weighted by Crippen LogP contribution is -2.10. The number of hydrogen-bond acceptors (Lipinski definition) is 4. The van der Waals surface area contributed by atoms with Gasteiger partial charge in [-0.15, -0.1) is 0 Å².